The van der Waals surface area contributed by atoms with Gasteiger partial charge in [-0.2, -0.15) is 4.31 Å². The standard InChI is InChI=1S/C17H27N3O5S/c1-12(2)9-14(17(22)23)18-16(21)15-10-13(11-19(15)3)26(24,25)20-7-5-4-6-8-20/h10-12,14H,4-9H2,1-3H3,(H,18,21)(H,22,23). The fourth-order valence-electron chi connectivity index (χ4n) is 3.08. The molecule has 1 unspecified atom stereocenters. The van der Waals surface area contributed by atoms with Crippen LogP contribution in [0.2, 0.25) is 0 Å². The summed E-state index contributed by atoms with van der Waals surface area (Å²) in [5, 5.41) is 11.7. The molecule has 1 aromatic rings. The minimum absolute atomic E-state index is 0.0581. The van der Waals surface area contributed by atoms with E-state index in [1.54, 1.807) is 7.05 Å². The van der Waals surface area contributed by atoms with Gasteiger partial charge in [-0.25, -0.2) is 13.2 Å². The third-order valence-electron chi connectivity index (χ3n) is 4.48. The van der Waals surface area contributed by atoms with Crippen molar-refractivity contribution in [3.05, 3.63) is 18.0 Å². The zero-order valence-corrected chi connectivity index (χ0v) is 16.3. The highest BCUT2D eigenvalue weighted by Crippen LogP contribution is 2.22. The summed E-state index contributed by atoms with van der Waals surface area (Å²) in [5.74, 6) is -1.61. The summed E-state index contributed by atoms with van der Waals surface area (Å²) in [6.45, 7) is 4.70. The Hall–Kier alpha value is -1.87. The summed E-state index contributed by atoms with van der Waals surface area (Å²) in [7, 11) is -2.07. The molecular weight excluding hydrogens is 358 g/mol. The van der Waals surface area contributed by atoms with Gasteiger partial charge < -0.3 is 15.0 Å². The average molecular weight is 385 g/mol. The highest BCUT2D eigenvalue weighted by molar-refractivity contribution is 7.89. The van der Waals surface area contributed by atoms with Crippen LogP contribution in [0.1, 0.15) is 50.0 Å². The lowest BCUT2D eigenvalue weighted by atomic mass is 10.0. The Labute approximate surface area is 154 Å². The van der Waals surface area contributed by atoms with Crippen molar-refractivity contribution in [2.75, 3.05) is 13.1 Å². The number of nitrogens with zero attached hydrogens (tertiary/aromatic N) is 2. The van der Waals surface area contributed by atoms with Gasteiger partial charge in [0.1, 0.15) is 16.6 Å². The zero-order valence-electron chi connectivity index (χ0n) is 15.4. The van der Waals surface area contributed by atoms with Crippen molar-refractivity contribution in [3.8, 4) is 0 Å². The van der Waals surface area contributed by atoms with Crippen LogP contribution >= 0.6 is 0 Å². The molecule has 2 rings (SSSR count). The number of hydrogen-bond donors (Lipinski definition) is 2. The van der Waals surface area contributed by atoms with Crippen LogP contribution < -0.4 is 5.32 Å². The third-order valence-corrected chi connectivity index (χ3v) is 6.34. The molecule has 0 aliphatic carbocycles. The van der Waals surface area contributed by atoms with Crippen LogP contribution in [0.5, 0.6) is 0 Å². The Kier molecular flexibility index (Phi) is 6.46. The zero-order chi connectivity index (χ0) is 19.5. The first kappa shape index (κ1) is 20.4. The Bertz CT molecular complexity index is 763. The molecule has 1 aliphatic heterocycles. The maximum Gasteiger partial charge on any atom is 0.326 e. The molecule has 0 aromatic carbocycles. The number of piperidine rings is 1. The van der Waals surface area contributed by atoms with Gasteiger partial charge in [-0.15, -0.1) is 0 Å². The summed E-state index contributed by atoms with van der Waals surface area (Å²) < 4.78 is 28.3. The van der Waals surface area contributed by atoms with Gasteiger partial charge in [0.25, 0.3) is 5.91 Å². The Balaban J connectivity index is 2.21. The Morgan fingerprint density at radius 1 is 1.23 bits per heavy atom. The van der Waals surface area contributed by atoms with Gasteiger partial charge in [0, 0.05) is 26.3 Å². The molecule has 2 N–H and O–H groups in total. The minimum atomic E-state index is -3.64. The summed E-state index contributed by atoms with van der Waals surface area (Å²) in [6.07, 6.45) is 4.37. The first-order valence-electron chi connectivity index (χ1n) is 8.83. The largest absolute Gasteiger partial charge is 0.480 e. The van der Waals surface area contributed by atoms with E-state index in [4.69, 9.17) is 0 Å². The second-order valence-corrected chi connectivity index (χ2v) is 9.07. The first-order chi connectivity index (χ1) is 12.1. The first-order valence-corrected chi connectivity index (χ1v) is 10.3. The number of rotatable bonds is 7. The smallest absolute Gasteiger partial charge is 0.326 e. The van der Waals surface area contributed by atoms with Crippen LogP contribution in [0.3, 0.4) is 0 Å². The number of nitrogens with one attached hydrogen (secondary N) is 1. The number of carboxylic acid groups (broad SMARTS) is 1. The quantitative estimate of drug-likeness (QED) is 0.738. The molecule has 2 heterocycles. The van der Waals surface area contributed by atoms with Crippen LogP contribution in [0.4, 0.5) is 0 Å². The monoisotopic (exact) mass is 385 g/mol. The molecule has 0 saturated carbocycles. The molecule has 9 heteroatoms. The van der Waals surface area contributed by atoms with Gasteiger partial charge in [-0.3, -0.25) is 4.79 Å². The Morgan fingerprint density at radius 2 is 1.85 bits per heavy atom. The van der Waals surface area contributed by atoms with E-state index in [2.05, 4.69) is 5.32 Å². The number of aromatic nitrogens is 1. The van der Waals surface area contributed by atoms with Gasteiger partial charge in [0.05, 0.1) is 0 Å². The summed E-state index contributed by atoms with van der Waals surface area (Å²) in [6, 6.07) is 0.299. The lowest BCUT2D eigenvalue weighted by Crippen LogP contribution is -2.42. The third kappa shape index (κ3) is 4.64. The number of sulfonamides is 1. The maximum atomic E-state index is 12.7. The fraction of sp³-hybridized carbons (Fsp3) is 0.647. The van der Waals surface area contributed by atoms with Crippen molar-refractivity contribution in [1.82, 2.24) is 14.2 Å². The second kappa shape index (κ2) is 8.22. The van der Waals surface area contributed by atoms with Gasteiger partial charge >= 0.3 is 5.97 Å². The van der Waals surface area contributed by atoms with Gasteiger partial charge in [-0.05, 0) is 31.2 Å². The normalized spacial score (nSPS) is 17.2. The molecule has 1 saturated heterocycles. The van der Waals surface area contributed by atoms with E-state index < -0.39 is 27.9 Å². The van der Waals surface area contributed by atoms with Crippen molar-refractivity contribution in [3.63, 3.8) is 0 Å². The molecule has 1 atom stereocenters. The van der Waals surface area contributed by atoms with Gasteiger partial charge in [0.2, 0.25) is 10.0 Å². The molecule has 0 bridgehead atoms. The maximum absolute atomic E-state index is 12.7. The molecule has 1 fully saturated rings. The van der Waals surface area contributed by atoms with Gasteiger partial charge in [0.15, 0.2) is 0 Å². The second-order valence-electron chi connectivity index (χ2n) is 7.13. The topological polar surface area (TPSA) is 109 Å². The molecular formula is C17H27N3O5S. The number of carbonyl (C=O) groups is 2. The fourth-order valence-corrected chi connectivity index (χ4v) is 4.67. The number of carboxylic acids is 1. The number of aryl methyl sites for hydroxylation is 1. The van der Waals surface area contributed by atoms with E-state index in [0.717, 1.165) is 19.3 Å². The molecule has 1 amide bonds. The average Bonchev–Trinajstić information content (AvgIpc) is 2.97. The van der Waals surface area contributed by atoms with E-state index in [9.17, 15) is 23.1 Å². The van der Waals surface area contributed by atoms with Crippen molar-refractivity contribution < 1.29 is 23.1 Å². The molecule has 26 heavy (non-hydrogen) atoms. The summed E-state index contributed by atoms with van der Waals surface area (Å²) in [5.41, 5.74) is 0.121. The lowest BCUT2D eigenvalue weighted by molar-refractivity contribution is -0.139. The van der Waals surface area contributed by atoms with Crippen LogP contribution in [-0.4, -0.2) is 53.4 Å². The highest BCUT2D eigenvalue weighted by Gasteiger charge is 2.29. The number of amides is 1. The highest BCUT2D eigenvalue weighted by atomic mass is 32.2. The van der Waals surface area contributed by atoms with Crippen molar-refractivity contribution in [1.29, 1.82) is 0 Å². The van der Waals surface area contributed by atoms with E-state index in [1.165, 1.54) is 21.1 Å². The molecule has 0 spiro atoms. The van der Waals surface area contributed by atoms with Crippen LogP contribution in [0, 0.1) is 5.92 Å². The van der Waals surface area contributed by atoms with Gasteiger partial charge in [-0.1, -0.05) is 20.3 Å². The van der Waals surface area contributed by atoms with Crippen molar-refractivity contribution in [2.24, 2.45) is 13.0 Å². The molecule has 8 nitrogen and oxygen atoms in total. The number of aliphatic carboxylic acids is 1. The van der Waals surface area contributed by atoms with Crippen molar-refractivity contribution >= 4 is 21.9 Å². The van der Waals surface area contributed by atoms with Crippen LogP contribution in [-0.2, 0) is 21.9 Å². The minimum Gasteiger partial charge on any atom is -0.480 e. The molecule has 0 radical (unpaired) electrons. The summed E-state index contributed by atoms with van der Waals surface area (Å²) >= 11 is 0. The molecule has 1 aromatic heterocycles. The SMILES string of the molecule is CC(C)CC(NC(=O)c1cc(S(=O)(=O)N2CCCCC2)cn1C)C(=O)O. The predicted molar refractivity (Wildman–Crippen MR) is 96.4 cm³/mol. The lowest BCUT2D eigenvalue weighted by Gasteiger charge is -2.25. The van der Waals surface area contributed by atoms with Crippen LogP contribution in [0.15, 0.2) is 17.2 Å². The predicted octanol–water partition coefficient (Wildman–Crippen LogP) is 1.43. The van der Waals surface area contributed by atoms with Crippen LogP contribution in [0.25, 0.3) is 0 Å². The molecule has 1 aliphatic rings. The van der Waals surface area contributed by atoms with Crippen molar-refractivity contribution in [2.45, 2.75) is 50.5 Å². The van der Waals surface area contributed by atoms with E-state index in [0.29, 0.717) is 19.5 Å². The van der Waals surface area contributed by atoms with E-state index >= 15 is 0 Å². The number of carbonyl (C=O) groups excluding carboxylic acids is 1. The van der Waals surface area contributed by atoms with E-state index in [1.807, 2.05) is 13.8 Å². The summed E-state index contributed by atoms with van der Waals surface area (Å²) in [4.78, 5) is 23.9. The molecule has 146 valence electrons. The number of hydrogen-bond acceptors (Lipinski definition) is 4. The Morgan fingerprint density at radius 3 is 2.38 bits per heavy atom. The van der Waals surface area contributed by atoms with E-state index in [-0.39, 0.29) is 16.5 Å².